The van der Waals surface area contributed by atoms with E-state index >= 15 is 0 Å². The van der Waals surface area contributed by atoms with Gasteiger partial charge in [0.15, 0.2) is 5.82 Å². The van der Waals surface area contributed by atoms with Crippen molar-refractivity contribution in [3.63, 3.8) is 0 Å². The number of hydrogen-bond donors (Lipinski definition) is 2. The summed E-state index contributed by atoms with van der Waals surface area (Å²) in [7, 11) is 0. The molecule has 0 spiro atoms. The molecule has 28 heavy (non-hydrogen) atoms. The first-order valence-corrected chi connectivity index (χ1v) is 8.60. The minimum absolute atomic E-state index is 0.0498. The maximum absolute atomic E-state index is 12.7. The average Bonchev–Trinajstić information content (AvgIpc) is 3.26. The molecule has 8 heteroatoms. The van der Waals surface area contributed by atoms with Gasteiger partial charge < -0.3 is 15.2 Å². The number of ketones is 1. The lowest BCUT2D eigenvalue weighted by molar-refractivity contribution is -0.139. The normalized spacial score (nSPS) is 11.4. The van der Waals surface area contributed by atoms with Crippen LogP contribution in [-0.2, 0) is 22.6 Å². The smallest absolute Gasteiger partial charge is 0.289 e. The number of rotatable bonds is 8. The Morgan fingerprint density at radius 2 is 1.64 bits per heavy atom. The molecule has 3 rings (SSSR count). The molecule has 2 aromatic carbocycles. The van der Waals surface area contributed by atoms with Crippen LogP contribution in [0.2, 0.25) is 0 Å². The van der Waals surface area contributed by atoms with Crippen molar-refractivity contribution in [1.82, 2.24) is 20.8 Å². The van der Waals surface area contributed by atoms with Crippen molar-refractivity contribution < 1.29 is 18.9 Å². The van der Waals surface area contributed by atoms with E-state index in [-0.39, 0.29) is 18.8 Å². The van der Waals surface area contributed by atoms with Crippen LogP contribution < -0.4 is 10.6 Å². The van der Waals surface area contributed by atoms with Gasteiger partial charge in [0.05, 0.1) is 6.54 Å². The Hall–Kier alpha value is -3.81. The van der Waals surface area contributed by atoms with Gasteiger partial charge in [0, 0.05) is 12.0 Å². The van der Waals surface area contributed by atoms with Crippen LogP contribution in [0, 0.1) is 0 Å². The van der Waals surface area contributed by atoms with Gasteiger partial charge in [-0.05, 0) is 17.7 Å². The number of amides is 2. The Morgan fingerprint density at radius 1 is 0.964 bits per heavy atom. The van der Waals surface area contributed by atoms with E-state index in [9.17, 15) is 14.4 Å². The van der Waals surface area contributed by atoms with Crippen molar-refractivity contribution in [3.05, 3.63) is 84.0 Å². The standard InChI is InChI=1S/C20H18N4O4/c25-18(20(27)21-12-17-22-13-28-24-17)16(11-14-7-3-1-4-8-14)23-19(26)15-9-5-2-6-10-15/h1-10,13,16H,11-12H2,(H,21,27)(H,23,26)/t16-/m1/s1. The minimum atomic E-state index is -1.01. The second kappa shape index (κ2) is 9.22. The highest BCUT2D eigenvalue weighted by molar-refractivity contribution is 6.38. The lowest BCUT2D eigenvalue weighted by atomic mass is 10.0. The Kier molecular flexibility index (Phi) is 6.25. The van der Waals surface area contributed by atoms with Crippen molar-refractivity contribution >= 4 is 17.6 Å². The summed E-state index contributed by atoms with van der Waals surface area (Å²) in [4.78, 5) is 41.2. The van der Waals surface area contributed by atoms with Crippen molar-refractivity contribution in [3.8, 4) is 0 Å². The third-order valence-electron chi connectivity index (χ3n) is 3.98. The average molecular weight is 378 g/mol. The van der Waals surface area contributed by atoms with Crippen LogP contribution in [0.3, 0.4) is 0 Å². The molecular formula is C20H18N4O4. The first kappa shape index (κ1) is 19.0. The molecule has 1 aromatic heterocycles. The van der Waals surface area contributed by atoms with Gasteiger partial charge in [-0.15, -0.1) is 0 Å². The van der Waals surface area contributed by atoms with E-state index < -0.39 is 23.6 Å². The minimum Gasteiger partial charge on any atom is -0.343 e. The Balaban J connectivity index is 1.71. The molecule has 0 aliphatic carbocycles. The zero-order chi connectivity index (χ0) is 19.8. The molecule has 0 fully saturated rings. The van der Waals surface area contributed by atoms with Gasteiger partial charge in [-0.3, -0.25) is 14.4 Å². The molecule has 1 atom stereocenters. The molecule has 2 amide bonds. The summed E-state index contributed by atoms with van der Waals surface area (Å²) in [5.74, 6) is -1.77. The molecule has 0 bridgehead atoms. The Morgan fingerprint density at radius 3 is 2.29 bits per heavy atom. The predicted octanol–water partition coefficient (Wildman–Crippen LogP) is 1.30. The third kappa shape index (κ3) is 5.10. The second-order valence-corrected chi connectivity index (χ2v) is 5.98. The zero-order valence-electron chi connectivity index (χ0n) is 14.9. The molecule has 8 nitrogen and oxygen atoms in total. The van der Waals surface area contributed by atoms with E-state index in [2.05, 4.69) is 25.3 Å². The van der Waals surface area contributed by atoms with Crippen molar-refractivity contribution in [1.29, 1.82) is 0 Å². The molecule has 0 unspecified atom stereocenters. The fourth-order valence-electron chi connectivity index (χ4n) is 2.57. The van der Waals surface area contributed by atoms with Gasteiger partial charge in [-0.2, -0.15) is 4.98 Å². The first-order valence-electron chi connectivity index (χ1n) is 8.60. The molecule has 0 aliphatic heterocycles. The topological polar surface area (TPSA) is 114 Å². The fourth-order valence-corrected chi connectivity index (χ4v) is 2.57. The van der Waals surface area contributed by atoms with Gasteiger partial charge >= 0.3 is 0 Å². The number of aromatic nitrogens is 2. The molecule has 0 aliphatic rings. The summed E-state index contributed by atoms with van der Waals surface area (Å²) >= 11 is 0. The lowest BCUT2D eigenvalue weighted by Gasteiger charge is -2.17. The highest BCUT2D eigenvalue weighted by Crippen LogP contribution is 2.07. The first-order chi connectivity index (χ1) is 13.6. The van der Waals surface area contributed by atoms with E-state index in [1.165, 1.54) is 0 Å². The summed E-state index contributed by atoms with van der Waals surface area (Å²) in [6.07, 6.45) is 1.31. The van der Waals surface area contributed by atoms with E-state index in [1.807, 2.05) is 30.3 Å². The van der Waals surface area contributed by atoms with Crippen LogP contribution in [0.1, 0.15) is 21.7 Å². The van der Waals surface area contributed by atoms with Crippen molar-refractivity contribution in [2.75, 3.05) is 0 Å². The monoisotopic (exact) mass is 378 g/mol. The summed E-state index contributed by atoms with van der Waals surface area (Å²) < 4.78 is 4.58. The maximum atomic E-state index is 12.7. The van der Waals surface area contributed by atoms with Crippen molar-refractivity contribution in [2.24, 2.45) is 0 Å². The predicted molar refractivity (Wildman–Crippen MR) is 99.0 cm³/mol. The lowest BCUT2D eigenvalue weighted by Crippen LogP contribution is -2.48. The highest BCUT2D eigenvalue weighted by Gasteiger charge is 2.27. The number of hydrogen-bond acceptors (Lipinski definition) is 6. The Labute approximate surface area is 161 Å². The van der Waals surface area contributed by atoms with Crippen LogP contribution >= 0.6 is 0 Å². The Bertz CT molecular complexity index is 927. The van der Waals surface area contributed by atoms with Crippen LogP contribution in [0.25, 0.3) is 0 Å². The van der Waals surface area contributed by atoms with E-state index in [0.29, 0.717) is 5.56 Å². The number of nitrogens with one attached hydrogen (secondary N) is 2. The summed E-state index contributed by atoms with van der Waals surface area (Å²) in [5.41, 5.74) is 1.22. The van der Waals surface area contributed by atoms with Crippen molar-refractivity contribution in [2.45, 2.75) is 19.0 Å². The van der Waals surface area contributed by atoms with Gasteiger partial charge in [-0.1, -0.05) is 53.7 Å². The highest BCUT2D eigenvalue weighted by atomic mass is 16.5. The summed E-state index contributed by atoms with van der Waals surface area (Å²) in [5, 5.41) is 8.66. The van der Waals surface area contributed by atoms with E-state index in [1.54, 1.807) is 30.3 Å². The van der Waals surface area contributed by atoms with E-state index in [0.717, 1.165) is 12.0 Å². The number of nitrogens with zero attached hydrogens (tertiary/aromatic N) is 2. The molecule has 0 saturated carbocycles. The molecule has 0 radical (unpaired) electrons. The fraction of sp³-hybridized carbons (Fsp3) is 0.150. The molecule has 3 aromatic rings. The summed E-state index contributed by atoms with van der Waals surface area (Å²) in [6, 6.07) is 16.6. The number of Topliss-reactive ketones (excluding diaryl/α,β-unsaturated/α-hetero) is 1. The molecule has 2 N–H and O–H groups in total. The SMILES string of the molecule is O=C(NCc1ncon1)C(=O)[C@@H](Cc1ccccc1)NC(=O)c1ccccc1. The van der Waals surface area contributed by atoms with Crippen LogP contribution in [0.4, 0.5) is 0 Å². The van der Waals surface area contributed by atoms with Gasteiger partial charge in [-0.25, -0.2) is 0 Å². The zero-order valence-corrected chi connectivity index (χ0v) is 14.9. The second-order valence-electron chi connectivity index (χ2n) is 5.98. The largest absolute Gasteiger partial charge is 0.343 e. The third-order valence-corrected chi connectivity index (χ3v) is 3.98. The van der Waals surface area contributed by atoms with Crippen LogP contribution in [0.5, 0.6) is 0 Å². The van der Waals surface area contributed by atoms with Gasteiger partial charge in [0.1, 0.15) is 6.04 Å². The van der Waals surface area contributed by atoms with Crippen LogP contribution in [0.15, 0.2) is 71.6 Å². The molecule has 142 valence electrons. The number of carbonyl (C=O) groups is 3. The molecule has 0 saturated heterocycles. The number of carbonyl (C=O) groups excluding carboxylic acids is 3. The van der Waals surface area contributed by atoms with Crippen LogP contribution in [-0.4, -0.2) is 33.8 Å². The number of benzene rings is 2. The van der Waals surface area contributed by atoms with Gasteiger partial charge in [0.25, 0.3) is 11.8 Å². The molecule has 1 heterocycles. The maximum Gasteiger partial charge on any atom is 0.289 e. The molecular weight excluding hydrogens is 360 g/mol. The van der Waals surface area contributed by atoms with Gasteiger partial charge in [0.2, 0.25) is 12.2 Å². The quantitative estimate of drug-likeness (QED) is 0.571. The summed E-state index contributed by atoms with van der Waals surface area (Å²) in [6.45, 7) is -0.0498. The van der Waals surface area contributed by atoms with E-state index in [4.69, 9.17) is 0 Å².